The normalized spacial score (nSPS) is 14.1. The topological polar surface area (TPSA) is 56.5 Å². The number of benzene rings is 1. The first-order valence-corrected chi connectivity index (χ1v) is 13.7. The summed E-state index contributed by atoms with van der Waals surface area (Å²) in [4.78, 5) is 24.3. The molecular formula is C26H34O4S2. The predicted octanol–water partition coefficient (Wildman–Crippen LogP) is 7.38. The van der Waals surface area contributed by atoms with Crippen molar-refractivity contribution in [3.8, 4) is 5.75 Å². The van der Waals surface area contributed by atoms with Gasteiger partial charge in [-0.1, -0.05) is 63.3 Å². The van der Waals surface area contributed by atoms with Crippen molar-refractivity contribution in [2.45, 2.75) is 80.8 Å². The Morgan fingerprint density at radius 1 is 1.06 bits per heavy atom. The quantitative estimate of drug-likeness (QED) is 0.162. The van der Waals surface area contributed by atoms with Crippen molar-refractivity contribution < 1.29 is 13.9 Å². The van der Waals surface area contributed by atoms with Gasteiger partial charge in [0.25, 0.3) is 0 Å². The number of unbranched alkanes of at least 4 members (excludes halogenated alkanes) is 6. The van der Waals surface area contributed by atoms with E-state index in [1.54, 1.807) is 0 Å². The molecule has 1 aromatic heterocycles. The number of rotatable bonds is 14. The van der Waals surface area contributed by atoms with Crippen LogP contribution in [0.3, 0.4) is 0 Å². The fraction of sp³-hybridized carbons (Fsp3) is 0.538. The third-order valence-electron chi connectivity index (χ3n) is 5.74. The van der Waals surface area contributed by atoms with E-state index in [-0.39, 0.29) is 10.7 Å². The Hall–Kier alpha value is -1.66. The molecule has 0 amide bonds. The van der Waals surface area contributed by atoms with Gasteiger partial charge in [-0.2, -0.15) is 0 Å². The van der Waals surface area contributed by atoms with E-state index in [0.29, 0.717) is 23.2 Å². The van der Waals surface area contributed by atoms with Crippen LogP contribution in [-0.4, -0.2) is 22.7 Å². The summed E-state index contributed by atoms with van der Waals surface area (Å²) in [5.41, 5.74) is 0.230. The average molecular weight is 475 g/mol. The van der Waals surface area contributed by atoms with E-state index in [1.165, 1.54) is 80.2 Å². The van der Waals surface area contributed by atoms with Gasteiger partial charge in [0.15, 0.2) is 0 Å². The summed E-state index contributed by atoms with van der Waals surface area (Å²) in [7, 11) is 0. The third kappa shape index (κ3) is 8.36. The lowest BCUT2D eigenvalue weighted by molar-refractivity contribution is -0.107. The lowest BCUT2D eigenvalue weighted by atomic mass is 10.1. The zero-order chi connectivity index (χ0) is 22.6. The van der Waals surface area contributed by atoms with Crippen molar-refractivity contribution in [3.63, 3.8) is 0 Å². The van der Waals surface area contributed by atoms with Crippen LogP contribution in [0.25, 0.3) is 11.0 Å². The number of carbonyl (C=O) groups excluding carboxylic acids is 1. The molecule has 1 fully saturated rings. The molecule has 1 aromatic carbocycles. The van der Waals surface area contributed by atoms with Gasteiger partial charge in [0.2, 0.25) is 5.12 Å². The van der Waals surface area contributed by atoms with E-state index < -0.39 is 0 Å². The van der Waals surface area contributed by atoms with E-state index in [1.807, 2.05) is 23.9 Å². The second-order valence-electron chi connectivity index (χ2n) is 8.31. The van der Waals surface area contributed by atoms with Crippen LogP contribution in [0.2, 0.25) is 0 Å². The van der Waals surface area contributed by atoms with Crippen LogP contribution in [0, 0.1) is 0 Å². The van der Waals surface area contributed by atoms with Crippen molar-refractivity contribution in [3.05, 3.63) is 47.3 Å². The van der Waals surface area contributed by atoms with E-state index in [9.17, 15) is 9.59 Å². The number of carbonyl (C=O) groups is 1. The minimum atomic E-state index is -0.364. The highest BCUT2D eigenvalue weighted by atomic mass is 32.2. The van der Waals surface area contributed by atoms with E-state index >= 15 is 0 Å². The first kappa shape index (κ1) is 25.0. The molecule has 0 radical (unpaired) electrons. The van der Waals surface area contributed by atoms with Crippen molar-refractivity contribution in [1.82, 2.24) is 0 Å². The Morgan fingerprint density at radius 3 is 2.53 bits per heavy atom. The first-order valence-electron chi connectivity index (χ1n) is 11.8. The lowest BCUT2D eigenvalue weighted by Gasteiger charge is -2.11. The number of hydrogen-bond donors (Lipinski definition) is 0. The summed E-state index contributed by atoms with van der Waals surface area (Å²) >= 11 is 3.28. The molecule has 0 N–H and O–H groups in total. The molecule has 1 aliphatic carbocycles. The summed E-state index contributed by atoms with van der Waals surface area (Å²) < 4.78 is 11.4. The third-order valence-corrected chi connectivity index (χ3v) is 8.01. The maximum Gasteiger partial charge on any atom is 0.339 e. The zero-order valence-electron chi connectivity index (χ0n) is 18.8. The van der Waals surface area contributed by atoms with Gasteiger partial charge in [0, 0.05) is 15.9 Å². The monoisotopic (exact) mass is 474 g/mol. The highest BCUT2D eigenvalue weighted by molar-refractivity contribution is 8.14. The average Bonchev–Trinajstić information content (AvgIpc) is 3.30. The fourth-order valence-corrected chi connectivity index (χ4v) is 5.96. The van der Waals surface area contributed by atoms with Gasteiger partial charge < -0.3 is 9.15 Å². The second kappa shape index (κ2) is 13.8. The fourth-order valence-electron chi connectivity index (χ4n) is 4.01. The minimum absolute atomic E-state index is 0.0674. The largest absolute Gasteiger partial charge is 0.493 e. The Kier molecular flexibility index (Phi) is 10.8. The molecule has 2 aromatic rings. The Labute approximate surface area is 199 Å². The van der Waals surface area contributed by atoms with Crippen molar-refractivity contribution in [1.29, 1.82) is 0 Å². The minimum Gasteiger partial charge on any atom is -0.493 e. The molecule has 4 nitrogen and oxygen atoms in total. The molecule has 1 saturated carbocycles. The molecule has 6 heteroatoms. The van der Waals surface area contributed by atoms with Crippen molar-refractivity contribution in [2.24, 2.45) is 0 Å². The van der Waals surface area contributed by atoms with Gasteiger partial charge in [-0.3, -0.25) is 4.79 Å². The van der Waals surface area contributed by atoms with Crippen LogP contribution in [0.15, 0.2) is 51.0 Å². The predicted molar refractivity (Wildman–Crippen MR) is 136 cm³/mol. The van der Waals surface area contributed by atoms with Crippen LogP contribution >= 0.6 is 23.5 Å². The van der Waals surface area contributed by atoms with E-state index in [0.717, 1.165) is 30.4 Å². The molecule has 0 unspecified atom stereocenters. The maximum absolute atomic E-state index is 11.9. The highest BCUT2D eigenvalue weighted by Crippen LogP contribution is 2.37. The summed E-state index contributed by atoms with van der Waals surface area (Å²) in [6.07, 6.45) is 14.5. The van der Waals surface area contributed by atoms with Crippen LogP contribution < -0.4 is 10.4 Å². The van der Waals surface area contributed by atoms with Crippen LogP contribution in [0.1, 0.15) is 70.6 Å². The Bertz CT molecular complexity index is 931. The molecule has 3 rings (SSSR count). The molecular weight excluding hydrogens is 440 g/mol. The van der Waals surface area contributed by atoms with Crippen LogP contribution in [0.4, 0.5) is 0 Å². The van der Waals surface area contributed by atoms with Gasteiger partial charge in [0.1, 0.15) is 11.3 Å². The summed E-state index contributed by atoms with van der Waals surface area (Å²) in [5, 5.41) is 1.65. The molecule has 0 spiro atoms. The summed E-state index contributed by atoms with van der Waals surface area (Å²) in [6.45, 7) is 4.09. The number of thioether (sulfide) groups is 2. The molecule has 0 atom stereocenters. The lowest BCUT2D eigenvalue weighted by Crippen LogP contribution is -2.03. The summed E-state index contributed by atoms with van der Waals surface area (Å²) in [5.74, 6) is 1.52. The van der Waals surface area contributed by atoms with Gasteiger partial charge in [-0.25, -0.2) is 4.79 Å². The Balaban J connectivity index is 1.38. The van der Waals surface area contributed by atoms with Crippen molar-refractivity contribution in [2.75, 3.05) is 12.4 Å². The molecule has 0 saturated heterocycles. The first-order chi connectivity index (χ1) is 15.7. The van der Waals surface area contributed by atoms with Gasteiger partial charge in [-0.15, -0.1) is 11.8 Å². The summed E-state index contributed by atoms with van der Waals surface area (Å²) in [6, 6.07) is 7.53. The van der Waals surface area contributed by atoms with Gasteiger partial charge >= 0.3 is 5.63 Å². The highest BCUT2D eigenvalue weighted by Gasteiger charge is 2.17. The van der Waals surface area contributed by atoms with Gasteiger partial charge in [0.05, 0.1) is 18.1 Å². The second-order valence-corrected chi connectivity index (χ2v) is 10.8. The number of fused-ring (bicyclic) bond motifs is 1. The van der Waals surface area contributed by atoms with E-state index in [2.05, 4.69) is 12.6 Å². The van der Waals surface area contributed by atoms with Crippen molar-refractivity contribution >= 4 is 39.6 Å². The Morgan fingerprint density at radius 2 is 1.78 bits per heavy atom. The SMILES string of the molecule is C=CC(=O)SCCCCCCCCCOc1cc(=O)oc2ccc(SC3CCCC3)cc12. The standard InChI is InChI=1S/C26H34O4S2/c1-2-26(28)31-17-11-7-5-3-4-6-10-16-29-24-19-25(27)30-23-15-14-21(18-22(23)24)32-20-12-8-9-13-20/h2,14-15,18-20H,1,3-13,16-17H2. The molecule has 32 heavy (non-hydrogen) atoms. The van der Waals surface area contributed by atoms with Crippen LogP contribution in [0.5, 0.6) is 5.75 Å². The van der Waals surface area contributed by atoms with Gasteiger partial charge in [-0.05, 0) is 50.0 Å². The molecule has 1 heterocycles. The smallest absolute Gasteiger partial charge is 0.339 e. The molecule has 174 valence electrons. The molecule has 0 bridgehead atoms. The van der Waals surface area contributed by atoms with E-state index in [4.69, 9.17) is 9.15 Å². The molecule has 1 aliphatic rings. The maximum atomic E-state index is 11.9. The number of ether oxygens (including phenoxy) is 1. The van der Waals surface area contributed by atoms with Crippen LogP contribution in [-0.2, 0) is 4.79 Å². The molecule has 0 aliphatic heterocycles. The number of hydrogen-bond acceptors (Lipinski definition) is 6. The zero-order valence-corrected chi connectivity index (χ0v) is 20.4.